The fourth-order valence-electron chi connectivity index (χ4n) is 6.01. The molecule has 5 aromatic rings. The normalized spacial score (nSPS) is 16.9. The average molecular weight is 661 g/mol. The molecule has 6 rings (SSSR count). The number of benzene rings is 2. The van der Waals surface area contributed by atoms with Crippen LogP contribution in [0.1, 0.15) is 67.4 Å². The van der Waals surface area contributed by atoms with Crippen LogP contribution in [0.25, 0.3) is 27.5 Å². The predicted molar refractivity (Wildman–Crippen MR) is 175 cm³/mol. The van der Waals surface area contributed by atoms with Crippen molar-refractivity contribution in [1.82, 2.24) is 30.0 Å². The van der Waals surface area contributed by atoms with Gasteiger partial charge >= 0.3 is 6.55 Å². The van der Waals surface area contributed by atoms with E-state index in [0.717, 1.165) is 11.1 Å². The van der Waals surface area contributed by atoms with Gasteiger partial charge in [-0.2, -0.15) is 13.9 Å². The summed E-state index contributed by atoms with van der Waals surface area (Å²) in [4.78, 5) is 26.1. The maximum Gasteiger partial charge on any atom is 0.333 e. The number of aromatic nitrogens is 4. The van der Waals surface area contributed by atoms with Gasteiger partial charge in [-0.15, -0.1) is 5.10 Å². The molecular weight excluding hydrogens is 622 g/mol. The molecule has 3 heterocycles. The highest BCUT2D eigenvalue weighted by Gasteiger charge is 2.35. The molecule has 2 aromatic carbocycles. The second kappa shape index (κ2) is 13.2. The van der Waals surface area contributed by atoms with Crippen LogP contribution in [0.15, 0.2) is 66.9 Å². The molecule has 13 heteroatoms. The van der Waals surface area contributed by atoms with E-state index < -0.39 is 18.1 Å². The van der Waals surface area contributed by atoms with Crippen molar-refractivity contribution in [2.75, 3.05) is 13.7 Å². The van der Waals surface area contributed by atoms with Crippen molar-refractivity contribution in [3.63, 3.8) is 0 Å². The molecule has 0 bridgehead atoms. The minimum atomic E-state index is -2.97. The number of hydrogen-bond acceptors (Lipinski definition) is 7. The molecule has 1 atom stereocenters. The first-order chi connectivity index (χ1) is 22.9. The lowest BCUT2D eigenvalue weighted by molar-refractivity contribution is 0.0284. The van der Waals surface area contributed by atoms with Gasteiger partial charge in [0.2, 0.25) is 5.88 Å². The van der Waals surface area contributed by atoms with Gasteiger partial charge < -0.3 is 25.2 Å². The molecule has 1 aliphatic rings. The Morgan fingerprint density at radius 1 is 1.02 bits per heavy atom. The number of carbonyl (C=O) groups is 2. The largest absolute Gasteiger partial charge is 0.491 e. The summed E-state index contributed by atoms with van der Waals surface area (Å²) in [6, 6.07) is 17.9. The molecule has 1 saturated carbocycles. The number of aliphatic hydroxyl groups is 1. The molecule has 252 valence electrons. The zero-order chi connectivity index (χ0) is 34.2. The third kappa shape index (κ3) is 6.96. The van der Waals surface area contributed by atoms with E-state index in [1.807, 2.05) is 55.6 Å². The monoisotopic (exact) mass is 660 g/mol. The van der Waals surface area contributed by atoms with Crippen LogP contribution in [-0.2, 0) is 0 Å². The van der Waals surface area contributed by atoms with Crippen LogP contribution >= 0.6 is 0 Å². The van der Waals surface area contributed by atoms with E-state index in [4.69, 9.17) is 9.47 Å². The SMILES string of the molecule is CNC(=O)c1c(OC2CC(C[C@H](C)NC(=O)c3nn(C(F)F)c4cc(OCC(C)(C)O)ccc34)C2)nn2ccc(-c3ccccc3)cc12. The maximum absolute atomic E-state index is 13.8. The lowest BCUT2D eigenvalue weighted by Crippen LogP contribution is -2.40. The number of rotatable bonds is 12. The van der Waals surface area contributed by atoms with Crippen LogP contribution in [0.3, 0.4) is 0 Å². The number of nitrogens with zero attached hydrogens (tertiary/aromatic N) is 4. The van der Waals surface area contributed by atoms with Gasteiger partial charge in [0.05, 0.1) is 16.6 Å². The zero-order valence-corrected chi connectivity index (χ0v) is 27.1. The van der Waals surface area contributed by atoms with Crippen molar-refractivity contribution in [2.45, 2.75) is 64.3 Å². The van der Waals surface area contributed by atoms with Crippen molar-refractivity contribution in [3.05, 3.63) is 78.1 Å². The summed E-state index contributed by atoms with van der Waals surface area (Å²) < 4.78 is 41.6. The summed E-state index contributed by atoms with van der Waals surface area (Å²) in [7, 11) is 1.57. The van der Waals surface area contributed by atoms with E-state index in [-0.39, 0.29) is 58.8 Å². The van der Waals surface area contributed by atoms with Gasteiger partial charge in [0, 0.05) is 30.7 Å². The predicted octanol–water partition coefficient (Wildman–Crippen LogP) is 5.62. The summed E-state index contributed by atoms with van der Waals surface area (Å²) >= 11 is 0. The minimum absolute atomic E-state index is 0.0386. The third-order valence-electron chi connectivity index (χ3n) is 8.37. The standard InChI is InChI=1S/C35H38F2N6O5/c1-20(39-32(45)30-26-11-10-24(47-19-35(2,3)46)18-27(26)43(40-30)34(36)37)14-21-15-25(16-21)48-33-29(31(44)38-4)28-17-23(12-13-42(28)41-33)22-8-6-5-7-9-22/h5-13,17-18,20-21,25,34,46H,14-16,19H2,1-4H3,(H,38,44)(H,39,45)/t20-,21?,25?/m0/s1. The minimum Gasteiger partial charge on any atom is -0.491 e. The summed E-state index contributed by atoms with van der Waals surface area (Å²) in [6.07, 6.45) is 3.70. The molecule has 1 fully saturated rings. The Balaban J connectivity index is 1.09. The average Bonchev–Trinajstić information content (AvgIpc) is 3.60. The van der Waals surface area contributed by atoms with E-state index in [9.17, 15) is 23.5 Å². The number of carbonyl (C=O) groups excluding carboxylic acids is 2. The third-order valence-corrected chi connectivity index (χ3v) is 8.37. The zero-order valence-electron chi connectivity index (χ0n) is 27.1. The highest BCUT2D eigenvalue weighted by atomic mass is 19.3. The summed E-state index contributed by atoms with van der Waals surface area (Å²) in [5.74, 6) is -0.0756. The van der Waals surface area contributed by atoms with E-state index >= 15 is 0 Å². The molecule has 48 heavy (non-hydrogen) atoms. The van der Waals surface area contributed by atoms with Crippen molar-refractivity contribution >= 4 is 28.2 Å². The van der Waals surface area contributed by atoms with Crippen LogP contribution < -0.4 is 20.1 Å². The Hall–Kier alpha value is -5.04. The quantitative estimate of drug-likeness (QED) is 0.158. The van der Waals surface area contributed by atoms with Gasteiger partial charge in [-0.05, 0) is 81.3 Å². The van der Waals surface area contributed by atoms with E-state index in [0.29, 0.717) is 35.0 Å². The molecule has 3 N–H and O–H groups in total. The van der Waals surface area contributed by atoms with Gasteiger partial charge in [-0.1, -0.05) is 30.3 Å². The molecule has 2 amide bonds. The van der Waals surface area contributed by atoms with Crippen LogP contribution in [0, 0.1) is 5.92 Å². The highest BCUT2D eigenvalue weighted by Crippen LogP contribution is 2.37. The topological polar surface area (TPSA) is 132 Å². The Labute approximate surface area is 275 Å². The molecule has 0 aliphatic heterocycles. The molecule has 0 unspecified atom stereocenters. The highest BCUT2D eigenvalue weighted by molar-refractivity contribution is 6.05. The molecular formula is C35H38F2N6O5. The first-order valence-electron chi connectivity index (χ1n) is 15.8. The number of pyridine rings is 1. The Kier molecular flexibility index (Phi) is 9.06. The van der Waals surface area contributed by atoms with Crippen molar-refractivity contribution < 1.29 is 33.0 Å². The molecule has 0 spiro atoms. The number of fused-ring (bicyclic) bond motifs is 2. The fourth-order valence-corrected chi connectivity index (χ4v) is 6.01. The first kappa shape index (κ1) is 32.9. The summed E-state index contributed by atoms with van der Waals surface area (Å²) in [5, 5.41) is 24.3. The Morgan fingerprint density at radius 2 is 1.77 bits per heavy atom. The molecule has 0 radical (unpaired) electrons. The molecule has 3 aromatic heterocycles. The number of alkyl halides is 2. The number of halogens is 2. The van der Waals surface area contributed by atoms with Crippen LogP contribution in [0.4, 0.5) is 8.78 Å². The summed E-state index contributed by atoms with van der Waals surface area (Å²) in [6.45, 7) is 1.99. The maximum atomic E-state index is 13.8. The Morgan fingerprint density at radius 3 is 2.46 bits per heavy atom. The van der Waals surface area contributed by atoms with Gasteiger partial charge in [0.25, 0.3) is 11.8 Å². The van der Waals surface area contributed by atoms with Crippen molar-refractivity contribution in [3.8, 4) is 22.8 Å². The Bertz CT molecular complexity index is 1950. The van der Waals surface area contributed by atoms with Gasteiger partial charge in [-0.3, -0.25) is 9.59 Å². The van der Waals surface area contributed by atoms with Gasteiger partial charge in [0.15, 0.2) is 5.69 Å². The van der Waals surface area contributed by atoms with Crippen LogP contribution in [-0.4, -0.2) is 67.7 Å². The first-order valence-corrected chi connectivity index (χ1v) is 15.8. The number of ether oxygens (including phenoxy) is 2. The van der Waals surface area contributed by atoms with E-state index in [1.165, 1.54) is 12.1 Å². The van der Waals surface area contributed by atoms with Crippen molar-refractivity contribution in [2.24, 2.45) is 5.92 Å². The fraction of sp³-hybridized carbons (Fsp3) is 0.371. The van der Waals surface area contributed by atoms with Crippen LogP contribution in [0.2, 0.25) is 0 Å². The van der Waals surface area contributed by atoms with Gasteiger partial charge in [0.1, 0.15) is 24.0 Å². The van der Waals surface area contributed by atoms with Crippen molar-refractivity contribution in [1.29, 1.82) is 0 Å². The second-order valence-corrected chi connectivity index (χ2v) is 12.9. The number of amides is 2. The lowest BCUT2D eigenvalue weighted by Gasteiger charge is -2.36. The number of hydrogen-bond donors (Lipinski definition) is 3. The molecule has 11 nitrogen and oxygen atoms in total. The molecule has 0 saturated heterocycles. The summed E-state index contributed by atoms with van der Waals surface area (Å²) in [5.41, 5.74) is 1.81. The van der Waals surface area contributed by atoms with Gasteiger partial charge in [-0.25, -0.2) is 9.20 Å². The smallest absolute Gasteiger partial charge is 0.333 e. The number of nitrogens with one attached hydrogen (secondary N) is 2. The van der Waals surface area contributed by atoms with Crippen LogP contribution in [0.5, 0.6) is 11.6 Å². The van der Waals surface area contributed by atoms with E-state index in [1.54, 1.807) is 31.5 Å². The second-order valence-electron chi connectivity index (χ2n) is 12.9. The molecule has 1 aliphatic carbocycles. The van der Waals surface area contributed by atoms with E-state index in [2.05, 4.69) is 20.8 Å². The lowest BCUT2D eigenvalue weighted by atomic mass is 9.78.